The molecule has 0 aromatic heterocycles. The summed E-state index contributed by atoms with van der Waals surface area (Å²) in [5, 5.41) is 9.10. The van der Waals surface area contributed by atoms with E-state index in [-0.39, 0.29) is 25.0 Å². The van der Waals surface area contributed by atoms with Crippen LogP contribution in [0.25, 0.3) is 0 Å². The molecular weight excluding hydrogens is 314 g/mol. The summed E-state index contributed by atoms with van der Waals surface area (Å²) in [5.41, 5.74) is 0.876. The molecular formula is C17H23NO6. The topological polar surface area (TPSA) is 85.3 Å². The molecule has 7 heteroatoms. The van der Waals surface area contributed by atoms with Gasteiger partial charge in [-0.25, -0.2) is 4.79 Å². The van der Waals surface area contributed by atoms with Gasteiger partial charge in [0.15, 0.2) is 6.10 Å². The summed E-state index contributed by atoms with van der Waals surface area (Å²) in [6.45, 7) is 2.24. The number of morpholine rings is 1. The number of hydrogen-bond donors (Lipinski definition) is 1. The third kappa shape index (κ3) is 4.38. The first-order chi connectivity index (χ1) is 11.4. The Balaban J connectivity index is 2.01. The van der Waals surface area contributed by atoms with Crippen LogP contribution < -0.4 is 9.47 Å². The smallest absolute Gasteiger partial charge is 0.334 e. The molecule has 24 heavy (non-hydrogen) atoms. The van der Waals surface area contributed by atoms with E-state index in [4.69, 9.17) is 19.3 Å². The van der Waals surface area contributed by atoms with Crippen molar-refractivity contribution >= 4 is 11.9 Å². The van der Waals surface area contributed by atoms with Gasteiger partial charge in [-0.05, 0) is 37.1 Å². The van der Waals surface area contributed by atoms with Crippen LogP contribution in [0.15, 0.2) is 18.2 Å². The van der Waals surface area contributed by atoms with Crippen LogP contribution in [0.1, 0.15) is 18.9 Å². The number of benzene rings is 1. The van der Waals surface area contributed by atoms with Crippen LogP contribution in [0.2, 0.25) is 0 Å². The van der Waals surface area contributed by atoms with Gasteiger partial charge < -0.3 is 24.2 Å². The second-order valence-electron chi connectivity index (χ2n) is 5.75. The number of ether oxygens (including phenoxy) is 3. The maximum Gasteiger partial charge on any atom is 0.334 e. The average Bonchev–Trinajstić information content (AvgIpc) is 2.58. The lowest BCUT2D eigenvalue weighted by atomic mass is 10.1. The fraction of sp³-hybridized carbons (Fsp3) is 0.529. The number of amides is 1. The van der Waals surface area contributed by atoms with Gasteiger partial charge in [0.2, 0.25) is 5.91 Å². The number of carboxylic acids is 1. The highest BCUT2D eigenvalue weighted by Crippen LogP contribution is 2.25. The van der Waals surface area contributed by atoms with Gasteiger partial charge in [0.1, 0.15) is 11.5 Å². The van der Waals surface area contributed by atoms with Crippen molar-refractivity contribution in [2.24, 2.45) is 0 Å². The second-order valence-corrected chi connectivity index (χ2v) is 5.75. The molecule has 2 rings (SSSR count). The summed E-state index contributed by atoms with van der Waals surface area (Å²) < 4.78 is 15.8. The molecule has 1 aromatic rings. The molecule has 0 aliphatic carbocycles. The van der Waals surface area contributed by atoms with E-state index in [1.54, 1.807) is 38.2 Å². The van der Waals surface area contributed by atoms with Crippen LogP contribution in [0, 0.1) is 0 Å². The van der Waals surface area contributed by atoms with Gasteiger partial charge in [0, 0.05) is 13.0 Å². The van der Waals surface area contributed by atoms with Crippen LogP contribution in [0.5, 0.6) is 11.5 Å². The van der Waals surface area contributed by atoms with E-state index >= 15 is 0 Å². The van der Waals surface area contributed by atoms with Gasteiger partial charge >= 0.3 is 5.97 Å². The Labute approximate surface area is 141 Å². The lowest BCUT2D eigenvalue weighted by Gasteiger charge is -2.35. The molecule has 0 saturated carbocycles. The third-order valence-corrected chi connectivity index (χ3v) is 3.98. The first kappa shape index (κ1) is 18.1. The number of carboxylic acid groups (broad SMARTS) is 1. The highest BCUT2D eigenvalue weighted by atomic mass is 16.5. The van der Waals surface area contributed by atoms with E-state index < -0.39 is 12.1 Å². The van der Waals surface area contributed by atoms with Crippen molar-refractivity contribution in [2.75, 3.05) is 27.3 Å². The Morgan fingerprint density at radius 3 is 2.67 bits per heavy atom. The van der Waals surface area contributed by atoms with E-state index in [1.165, 1.54) is 0 Å². The molecule has 1 aliphatic rings. The standard InChI is InChI=1S/C17H23NO6/c1-11-9-18(10-15(24-11)17(20)21)16(19)7-4-12-8-13(22-2)5-6-14(12)23-3/h5-6,8,11,15H,4,7,9-10H2,1-3H3,(H,20,21)/t11-,15?/m1/s1. The first-order valence-electron chi connectivity index (χ1n) is 7.81. The fourth-order valence-corrected chi connectivity index (χ4v) is 2.77. The van der Waals surface area contributed by atoms with Gasteiger partial charge in [0.05, 0.1) is 26.9 Å². The van der Waals surface area contributed by atoms with E-state index in [9.17, 15) is 9.59 Å². The molecule has 7 nitrogen and oxygen atoms in total. The van der Waals surface area contributed by atoms with Crippen molar-refractivity contribution in [2.45, 2.75) is 32.0 Å². The highest BCUT2D eigenvalue weighted by Gasteiger charge is 2.32. The highest BCUT2D eigenvalue weighted by molar-refractivity contribution is 5.79. The van der Waals surface area contributed by atoms with Crippen molar-refractivity contribution in [3.05, 3.63) is 23.8 Å². The lowest BCUT2D eigenvalue weighted by Crippen LogP contribution is -2.51. The van der Waals surface area contributed by atoms with E-state index in [2.05, 4.69) is 0 Å². The van der Waals surface area contributed by atoms with Crippen LogP contribution in [0.3, 0.4) is 0 Å². The summed E-state index contributed by atoms with van der Waals surface area (Å²) in [7, 11) is 3.16. The summed E-state index contributed by atoms with van der Waals surface area (Å²) in [4.78, 5) is 25.1. The van der Waals surface area contributed by atoms with Crippen LogP contribution in [-0.4, -0.2) is 61.4 Å². The van der Waals surface area contributed by atoms with Crippen molar-refractivity contribution in [1.82, 2.24) is 4.90 Å². The third-order valence-electron chi connectivity index (χ3n) is 3.98. The number of hydrogen-bond acceptors (Lipinski definition) is 5. The number of aryl methyl sites for hydroxylation is 1. The lowest BCUT2D eigenvalue weighted by molar-refractivity contribution is -0.166. The zero-order valence-electron chi connectivity index (χ0n) is 14.2. The van der Waals surface area contributed by atoms with Gasteiger partial charge in [-0.2, -0.15) is 0 Å². The molecule has 1 aliphatic heterocycles. The van der Waals surface area contributed by atoms with Gasteiger partial charge in [-0.1, -0.05) is 0 Å². The van der Waals surface area contributed by atoms with Crippen molar-refractivity contribution in [3.8, 4) is 11.5 Å². The van der Waals surface area contributed by atoms with Crippen molar-refractivity contribution < 1.29 is 28.9 Å². The van der Waals surface area contributed by atoms with Crippen LogP contribution >= 0.6 is 0 Å². The Morgan fingerprint density at radius 1 is 1.29 bits per heavy atom. The van der Waals surface area contributed by atoms with E-state index in [0.717, 1.165) is 5.56 Å². The normalized spacial score (nSPS) is 20.5. The minimum absolute atomic E-state index is 0.0771. The first-order valence-corrected chi connectivity index (χ1v) is 7.81. The molecule has 2 atom stereocenters. The molecule has 0 radical (unpaired) electrons. The number of nitrogens with zero attached hydrogens (tertiary/aromatic N) is 1. The summed E-state index contributed by atoms with van der Waals surface area (Å²) >= 11 is 0. The summed E-state index contributed by atoms with van der Waals surface area (Å²) in [5.74, 6) is 0.252. The minimum atomic E-state index is -1.05. The molecule has 1 saturated heterocycles. The maximum absolute atomic E-state index is 12.4. The number of aliphatic carboxylic acids is 1. The zero-order valence-corrected chi connectivity index (χ0v) is 14.2. The van der Waals surface area contributed by atoms with E-state index in [0.29, 0.717) is 24.5 Å². The predicted molar refractivity (Wildman–Crippen MR) is 86.4 cm³/mol. The fourth-order valence-electron chi connectivity index (χ4n) is 2.77. The average molecular weight is 337 g/mol. The van der Waals surface area contributed by atoms with Crippen molar-refractivity contribution in [1.29, 1.82) is 0 Å². The minimum Gasteiger partial charge on any atom is -0.497 e. The molecule has 1 heterocycles. The molecule has 1 aromatic carbocycles. The summed E-state index contributed by atoms with van der Waals surface area (Å²) in [6, 6.07) is 5.44. The Morgan fingerprint density at radius 2 is 2.04 bits per heavy atom. The van der Waals surface area contributed by atoms with Crippen molar-refractivity contribution in [3.63, 3.8) is 0 Å². The summed E-state index contributed by atoms with van der Waals surface area (Å²) in [6.07, 6.45) is -0.509. The number of methoxy groups -OCH3 is 2. The molecule has 1 fully saturated rings. The molecule has 1 unspecified atom stereocenters. The molecule has 1 amide bonds. The molecule has 0 bridgehead atoms. The van der Waals surface area contributed by atoms with Crippen LogP contribution in [0.4, 0.5) is 0 Å². The molecule has 0 spiro atoms. The maximum atomic E-state index is 12.4. The van der Waals surface area contributed by atoms with Crippen LogP contribution in [-0.2, 0) is 20.7 Å². The molecule has 132 valence electrons. The van der Waals surface area contributed by atoms with Gasteiger partial charge in [-0.15, -0.1) is 0 Å². The van der Waals surface area contributed by atoms with E-state index in [1.807, 2.05) is 6.07 Å². The Kier molecular flexibility index (Phi) is 6.03. The predicted octanol–water partition coefficient (Wildman–Crippen LogP) is 1.34. The Hall–Kier alpha value is -2.28. The van der Waals surface area contributed by atoms with Gasteiger partial charge in [0.25, 0.3) is 0 Å². The SMILES string of the molecule is COc1ccc(OC)c(CCC(=O)N2CC(C(=O)O)O[C@H](C)C2)c1. The zero-order chi connectivity index (χ0) is 17.7. The number of carbonyl (C=O) groups is 2. The second kappa shape index (κ2) is 8.01. The quantitative estimate of drug-likeness (QED) is 0.843. The number of rotatable bonds is 6. The Bertz CT molecular complexity index is 603. The number of carbonyl (C=O) groups excluding carboxylic acids is 1. The largest absolute Gasteiger partial charge is 0.497 e. The van der Waals surface area contributed by atoms with Gasteiger partial charge in [-0.3, -0.25) is 4.79 Å². The monoisotopic (exact) mass is 337 g/mol. The molecule has 1 N–H and O–H groups in total.